The molecular weight excluding hydrogens is 310 g/mol. The maximum Gasteiger partial charge on any atom is 0.335 e. The maximum atomic E-state index is 11.3. The number of hydrogen-bond acceptors (Lipinski definition) is 5. The molecule has 0 unspecified atom stereocenters. The Morgan fingerprint density at radius 2 is 2.17 bits per heavy atom. The quantitative estimate of drug-likeness (QED) is 0.855. The number of carboxylic acid groups (broad SMARTS) is 1. The van der Waals surface area contributed by atoms with Crippen molar-refractivity contribution in [2.75, 3.05) is 20.8 Å². The number of ether oxygens (including phenoxy) is 2. The van der Waals surface area contributed by atoms with Crippen molar-refractivity contribution in [3.63, 3.8) is 0 Å². The Labute approximate surface area is 142 Å². The molecule has 6 heteroatoms. The number of hydrogen-bond donors (Lipinski definition) is 2. The molecule has 1 saturated carbocycles. The summed E-state index contributed by atoms with van der Waals surface area (Å²) in [5.74, 6) is -0.258. The second-order valence-corrected chi connectivity index (χ2v) is 6.77. The summed E-state index contributed by atoms with van der Waals surface area (Å²) in [5.41, 5.74) is 0.910. The zero-order chi connectivity index (χ0) is 17.3. The SMILES string of the molecule is COc1ccc(C(=O)O)cc1CN1CC[C@]2(OC)CC[C@@H](O)C[C@H]12. The molecule has 24 heavy (non-hydrogen) atoms. The van der Waals surface area contributed by atoms with Crippen LogP contribution in [0.1, 0.15) is 41.6 Å². The zero-order valence-corrected chi connectivity index (χ0v) is 14.2. The first-order chi connectivity index (χ1) is 11.5. The fraction of sp³-hybridized carbons (Fsp3) is 0.611. The van der Waals surface area contributed by atoms with Gasteiger partial charge in [-0.1, -0.05) is 0 Å². The molecule has 1 aromatic carbocycles. The molecule has 6 nitrogen and oxygen atoms in total. The van der Waals surface area contributed by atoms with E-state index in [1.165, 1.54) is 0 Å². The molecule has 2 fully saturated rings. The average Bonchev–Trinajstić information content (AvgIpc) is 2.93. The lowest BCUT2D eigenvalue weighted by Gasteiger charge is -2.42. The number of aliphatic hydroxyl groups excluding tert-OH is 1. The van der Waals surface area contributed by atoms with E-state index >= 15 is 0 Å². The molecule has 1 aliphatic heterocycles. The number of carboxylic acids is 1. The third-order valence-electron chi connectivity index (χ3n) is 5.57. The number of nitrogens with zero attached hydrogens (tertiary/aromatic N) is 1. The van der Waals surface area contributed by atoms with Crippen LogP contribution in [0, 0.1) is 0 Å². The minimum atomic E-state index is -0.945. The second kappa shape index (κ2) is 6.70. The Morgan fingerprint density at radius 1 is 1.38 bits per heavy atom. The Balaban J connectivity index is 1.85. The molecule has 3 atom stereocenters. The van der Waals surface area contributed by atoms with E-state index < -0.39 is 5.97 Å². The summed E-state index contributed by atoms with van der Waals surface area (Å²) in [6.07, 6.45) is 2.95. The van der Waals surface area contributed by atoms with Gasteiger partial charge in [-0.05, 0) is 43.9 Å². The van der Waals surface area contributed by atoms with E-state index in [1.54, 1.807) is 32.4 Å². The predicted octanol–water partition coefficient (Wildman–Crippen LogP) is 1.90. The first-order valence-electron chi connectivity index (χ1n) is 8.36. The van der Waals surface area contributed by atoms with Crippen LogP contribution in [-0.2, 0) is 11.3 Å². The van der Waals surface area contributed by atoms with Crippen LogP contribution < -0.4 is 4.74 Å². The first-order valence-corrected chi connectivity index (χ1v) is 8.36. The summed E-state index contributed by atoms with van der Waals surface area (Å²) >= 11 is 0. The molecule has 3 rings (SSSR count). The van der Waals surface area contributed by atoms with Crippen molar-refractivity contribution in [2.24, 2.45) is 0 Å². The number of methoxy groups -OCH3 is 2. The van der Waals surface area contributed by atoms with Gasteiger partial charge < -0.3 is 19.7 Å². The Morgan fingerprint density at radius 3 is 2.83 bits per heavy atom. The minimum Gasteiger partial charge on any atom is -0.496 e. The van der Waals surface area contributed by atoms with Crippen LogP contribution in [0.15, 0.2) is 18.2 Å². The van der Waals surface area contributed by atoms with Crippen LogP contribution in [0.3, 0.4) is 0 Å². The largest absolute Gasteiger partial charge is 0.496 e. The first kappa shape index (κ1) is 17.2. The van der Waals surface area contributed by atoms with Crippen LogP contribution in [0.25, 0.3) is 0 Å². The maximum absolute atomic E-state index is 11.3. The molecular formula is C18H25NO5. The van der Waals surface area contributed by atoms with Gasteiger partial charge in [0.25, 0.3) is 0 Å². The van der Waals surface area contributed by atoms with Gasteiger partial charge in [-0.15, -0.1) is 0 Å². The van der Waals surface area contributed by atoms with Crippen LogP contribution in [-0.4, -0.2) is 59.6 Å². The number of carbonyl (C=O) groups is 1. The van der Waals surface area contributed by atoms with E-state index in [9.17, 15) is 15.0 Å². The van der Waals surface area contributed by atoms with E-state index in [2.05, 4.69) is 4.90 Å². The van der Waals surface area contributed by atoms with E-state index in [-0.39, 0.29) is 23.3 Å². The van der Waals surface area contributed by atoms with Crippen LogP contribution in [0.5, 0.6) is 5.75 Å². The smallest absolute Gasteiger partial charge is 0.335 e. The van der Waals surface area contributed by atoms with Gasteiger partial charge in [0, 0.05) is 31.8 Å². The van der Waals surface area contributed by atoms with Gasteiger partial charge >= 0.3 is 5.97 Å². The van der Waals surface area contributed by atoms with Gasteiger partial charge in [0.1, 0.15) is 5.75 Å². The number of fused-ring (bicyclic) bond motifs is 1. The lowest BCUT2D eigenvalue weighted by molar-refractivity contribution is -0.0879. The number of likely N-dealkylation sites (tertiary alicyclic amines) is 1. The van der Waals surface area contributed by atoms with Crippen molar-refractivity contribution >= 4 is 5.97 Å². The summed E-state index contributed by atoms with van der Waals surface area (Å²) in [5, 5.41) is 19.3. The van der Waals surface area contributed by atoms with E-state index in [4.69, 9.17) is 9.47 Å². The molecule has 0 radical (unpaired) electrons. The standard InChI is InChI=1S/C18H25NO5/c1-23-15-4-3-12(17(21)22)9-13(15)11-19-8-7-18(24-2)6-5-14(20)10-16(18)19/h3-4,9,14,16,20H,5-8,10-11H2,1-2H3,(H,21,22)/t14-,16+,18-/m1/s1. The number of aromatic carboxylic acids is 1. The highest BCUT2D eigenvalue weighted by molar-refractivity contribution is 5.88. The monoisotopic (exact) mass is 335 g/mol. The molecule has 2 N–H and O–H groups in total. The summed E-state index contributed by atoms with van der Waals surface area (Å²) in [6.45, 7) is 1.46. The Bertz CT molecular complexity index is 619. The molecule has 1 heterocycles. The highest BCUT2D eigenvalue weighted by Gasteiger charge is 2.50. The van der Waals surface area contributed by atoms with Gasteiger partial charge in [0.2, 0.25) is 0 Å². The van der Waals surface area contributed by atoms with Gasteiger partial charge in [-0.3, -0.25) is 4.90 Å². The van der Waals surface area contributed by atoms with Crippen molar-refractivity contribution in [1.82, 2.24) is 4.90 Å². The third-order valence-corrected chi connectivity index (χ3v) is 5.57. The number of aliphatic hydroxyl groups is 1. The lowest BCUT2D eigenvalue weighted by Crippen LogP contribution is -2.51. The molecule has 1 aliphatic carbocycles. The predicted molar refractivity (Wildman–Crippen MR) is 88.4 cm³/mol. The Hall–Kier alpha value is -1.63. The van der Waals surface area contributed by atoms with E-state index in [0.29, 0.717) is 18.7 Å². The van der Waals surface area contributed by atoms with Crippen molar-refractivity contribution in [3.05, 3.63) is 29.3 Å². The van der Waals surface area contributed by atoms with Crippen LogP contribution in [0.2, 0.25) is 0 Å². The summed E-state index contributed by atoms with van der Waals surface area (Å²) in [4.78, 5) is 13.5. The Kier molecular flexibility index (Phi) is 4.80. The van der Waals surface area contributed by atoms with Crippen LogP contribution in [0.4, 0.5) is 0 Å². The molecule has 1 saturated heterocycles. The van der Waals surface area contributed by atoms with Gasteiger partial charge in [0.15, 0.2) is 0 Å². The number of benzene rings is 1. The summed E-state index contributed by atoms with van der Waals surface area (Å²) in [6, 6.07) is 5.07. The lowest BCUT2D eigenvalue weighted by atomic mass is 9.79. The van der Waals surface area contributed by atoms with E-state index in [1.807, 2.05) is 0 Å². The second-order valence-electron chi connectivity index (χ2n) is 6.77. The molecule has 0 spiro atoms. The van der Waals surface area contributed by atoms with Gasteiger partial charge in [0.05, 0.1) is 24.4 Å². The molecule has 2 aliphatic rings. The topological polar surface area (TPSA) is 79.2 Å². The average molecular weight is 335 g/mol. The molecule has 1 aromatic rings. The highest BCUT2D eigenvalue weighted by Crippen LogP contribution is 2.43. The molecule has 132 valence electrons. The molecule has 0 amide bonds. The summed E-state index contributed by atoms with van der Waals surface area (Å²) in [7, 11) is 3.34. The fourth-order valence-corrected chi connectivity index (χ4v) is 4.21. The molecule has 0 aromatic heterocycles. The van der Waals surface area contributed by atoms with Crippen LogP contribution >= 0.6 is 0 Å². The van der Waals surface area contributed by atoms with Gasteiger partial charge in [-0.25, -0.2) is 4.79 Å². The number of rotatable bonds is 5. The van der Waals surface area contributed by atoms with Crippen molar-refractivity contribution in [1.29, 1.82) is 0 Å². The minimum absolute atomic E-state index is 0.143. The van der Waals surface area contributed by atoms with Crippen molar-refractivity contribution < 1.29 is 24.5 Å². The molecule has 0 bridgehead atoms. The summed E-state index contributed by atoms with van der Waals surface area (Å²) < 4.78 is 11.3. The van der Waals surface area contributed by atoms with Crippen molar-refractivity contribution in [3.8, 4) is 5.75 Å². The van der Waals surface area contributed by atoms with E-state index in [0.717, 1.165) is 31.4 Å². The van der Waals surface area contributed by atoms with Crippen molar-refractivity contribution in [2.45, 2.75) is 50.0 Å². The normalized spacial score (nSPS) is 30.1. The highest BCUT2D eigenvalue weighted by atomic mass is 16.5. The van der Waals surface area contributed by atoms with Gasteiger partial charge in [-0.2, -0.15) is 0 Å². The zero-order valence-electron chi connectivity index (χ0n) is 14.2. The third kappa shape index (κ3) is 3.01. The fourth-order valence-electron chi connectivity index (χ4n) is 4.21.